The van der Waals surface area contributed by atoms with Crippen molar-refractivity contribution in [3.8, 4) is 0 Å². The first-order valence-corrected chi connectivity index (χ1v) is 10.1. The van der Waals surface area contributed by atoms with Gasteiger partial charge in [-0.05, 0) is 26.8 Å². The van der Waals surface area contributed by atoms with Crippen molar-refractivity contribution >= 4 is 11.6 Å². The molecule has 3 aromatic rings. The Morgan fingerprint density at radius 1 is 1.20 bits per heavy atom. The molecule has 1 saturated heterocycles. The highest BCUT2D eigenvalue weighted by Crippen LogP contribution is 2.23. The van der Waals surface area contributed by atoms with Crippen LogP contribution in [0.3, 0.4) is 0 Å². The lowest BCUT2D eigenvalue weighted by molar-refractivity contribution is 0.0629. The Kier molecular flexibility index (Phi) is 5.50. The van der Waals surface area contributed by atoms with Crippen LogP contribution >= 0.6 is 0 Å². The van der Waals surface area contributed by atoms with Gasteiger partial charge in [-0.25, -0.2) is 18.3 Å². The molecule has 1 amide bonds. The van der Waals surface area contributed by atoms with E-state index in [0.717, 1.165) is 36.4 Å². The zero-order valence-electron chi connectivity index (χ0n) is 17.3. The molecule has 0 atom stereocenters. The summed E-state index contributed by atoms with van der Waals surface area (Å²) >= 11 is 0. The number of hydrogen-bond acceptors (Lipinski definition) is 5. The monoisotopic (exact) mass is 417 g/mol. The summed E-state index contributed by atoms with van der Waals surface area (Å²) in [5, 5.41) is 8.48. The molecule has 0 saturated carbocycles. The number of carbonyl (C=O) groups excluding carboxylic acids is 1. The molecular formula is C20H25F2N7O. The molecule has 160 valence electrons. The third-order valence-electron chi connectivity index (χ3n) is 5.51. The van der Waals surface area contributed by atoms with E-state index in [1.807, 2.05) is 11.6 Å². The standard InChI is InChI=1S/C20H25F2N7O/c1-4-28-12-15(14(3)25-28)11-26-5-7-27(8-6-26)20(30)16-10-23-29-17(18(21)22)9-13(2)24-19(16)29/h9-10,12,18H,4-8,11H2,1-3H3. The molecule has 8 nitrogen and oxygen atoms in total. The highest BCUT2D eigenvalue weighted by molar-refractivity contribution is 5.99. The summed E-state index contributed by atoms with van der Waals surface area (Å²) in [4.78, 5) is 21.4. The summed E-state index contributed by atoms with van der Waals surface area (Å²) in [7, 11) is 0. The maximum atomic E-state index is 13.3. The second-order valence-electron chi connectivity index (χ2n) is 7.58. The van der Waals surface area contributed by atoms with Gasteiger partial charge in [0, 0.05) is 56.7 Å². The molecular weight excluding hydrogens is 392 g/mol. The van der Waals surface area contributed by atoms with E-state index in [-0.39, 0.29) is 22.8 Å². The number of hydrogen-bond donors (Lipinski definition) is 0. The van der Waals surface area contributed by atoms with Crippen LogP contribution in [0.25, 0.3) is 5.65 Å². The molecule has 0 radical (unpaired) electrons. The minimum Gasteiger partial charge on any atom is -0.336 e. The summed E-state index contributed by atoms with van der Waals surface area (Å²) < 4.78 is 29.6. The zero-order chi connectivity index (χ0) is 21.4. The number of fused-ring (bicyclic) bond motifs is 1. The lowest BCUT2D eigenvalue weighted by Crippen LogP contribution is -2.48. The molecule has 0 aromatic carbocycles. The summed E-state index contributed by atoms with van der Waals surface area (Å²) in [5.74, 6) is -0.224. The number of alkyl halides is 2. The van der Waals surface area contributed by atoms with Gasteiger partial charge in [-0.3, -0.25) is 14.4 Å². The number of rotatable bonds is 5. The highest BCUT2D eigenvalue weighted by atomic mass is 19.3. The van der Waals surface area contributed by atoms with Crippen molar-refractivity contribution in [3.63, 3.8) is 0 Å². The highest BCUT2D eigenvalue weighted by Gasteiger charge is 2.27. The molecule has 0 unspecified atom stereocenters. The van der Waals surface area contributed by atoms with Gasteiger partial charge >= 0.3 is 0 Å². The van der Waals surface area contributed by atoms with Crippen molar-refractivity contribution < 1.29 is 13.6 Å². The third kappa shape index (κ3) is 3.79. The first-order chi connectivity index (χ1) is 14.4. The van der Waals surface area contributed by atoms with Crippen molar-refractivity contribution in [2.24, 2.45) is 0 Å². The SMILES string of the molecule is CCn1cc(CN2CCN(C(=O)c3cnn4c(C(F)F)cc(C)nc34)CC2)c(C)n1. The van der Waals surface area contributed by atoms with Crippen molar-refractivity contribution in [3.05, 3.63) is 46.7 Å². The van der Waals surface area contributed by atoms with E-state index >= 15 is 0 Å². The fourth-order valence-corrected chi connectivity index (χ4v) is 3.82. The van der Waals surface area contributed by atoms with E-state index in [9.17, 15) is 13.6 Å². The topological polar surface area (TPSA) is 71.6 Å². The van der Waals surface area contributed by atoms with Gasteiger partial charge in [0.15, 0.2) is 5.65 Å². The second kappa shape index (κ2) is 8.10. The van der Waals surface area contributed by atoms with Crippen LogP contribution in [-0.4, -0.2) is 66.3 Å². The Morgan fingerprint density at radius 3 is 2.57 bits per heavy atom. The average Bonchev–Trinajstić information content (AvgIpc) is 3.30. The maximum absolute atomic E-state index is 13.3. The summed E-state index contributed by atoms with van der Waals surface area (Å²) in [6, 6.07) is 1.29. The fraction of sp³-hybridized carbons (Fsp3) is 0.500. The first kappa shape index (κ1) is 20.4. The average molecular weight is 417 g/mol. The molecule has 4 rings (SSSR count). The normalized spacial score (nSPS) is 15.5. The van der Waals surface area contributed by atoms with E-state index in [4.69, 9.17) is 0 Å². The first-order valence-electron chi connectivity index (χ1n) is 10.1. The lowest BCUT2D eigenvalue weighted by Gasteiger charge is -2.34. The number of aryl methyl sites for hydroxylation is 3. The second-order valence-corrected chi connectivity index (χ2v) is 7.58. The zero-order valence-corrected chi connectivity index (χ0v) is 17.3. The molecule has 1 fully saturated rings. The quantitative estimate of drug-likeness (QED) is 0.638. The van der Waals surface area contributed by atoms with Gasteiger partial charge in [0.25, 0.3) is 12.3 Å². The largest absolute Gasteiger partial charge is 0.336 e. The van der Waals surface area contributed by atoms with Crippen LogP contribution in [0.5, 0.6) is 0 Å². The van der Waals surface area contributed by atoms with Crippen molar-refractivity contribution in [2.45, 2.75) is 40.3 Å². The van der Waals surface area contributed by atoms with E-state index < -0.39 is 6.43 Å². The van der Waals surface area contributed by atoms with Crippen LogP contribution in [0, 0.1) is 13.8 Å². The Hall–Kier alpha value is -2.88. The van der Waals surface area contributed by atoms with Crippen molar-refractivity contribution in [1.82, 2.24) is 34.2 Å². The molecule has 0 N–H and O–H groups in total. The summed E-state index contributed by atoms with van der Waals surface area (Å²) in [6.45, 7) is 9.92. The molecule has 1 aliphatic heterocycles. The molecule has 0 spiro atoms. The number of nitrogens with zero attached hydrogens (tertiary/aromatic N) is 7. The van der Waals surface area contributed by atoms with Gasteiger partial charge in [0.2, 0.25) is 0 Å². The molecule has 1 aliphatic rings. The van der Waals surface area contributed by atoms with Gasteiger partial charge in [-0.15, -0.1) is 0 Å². The van der Waals surface area contributed by atoms with Crippen molar-refractivity contribution in [1.29, 1.82) is 0 Å². The van der Waals surface area contributed by atoms with Gasteiger partial charge < -0.3 is 4.90 Å². The smallest absolute Gasteiger partial charge is 0.280 e. The molecule has 0 bridgehead atoms. The van der Waals surface area contributed by atoms with Gasteiger partial charge in [0.1, 0.15) is 11.3 Å². The van der Waals surface area contributed by atoms with Crippen LogP contribution in [-0.2, 0) is 13.1 Å². The molecule has 0 aliphatic carbocycles. The predicted molar refractivity (Wildman–Crippen MR) is 106 cm³/mol. The van der Waals surface area contributed by atoms with E-state index in [0.29, 0.717) is 18.8 Å². The van der Waals surface area contributed by atoms with Crippen LogP contribution in [0.4, 0.5) is 8.78 Å². The third-order valence-corrected chi connectivity index (χ3v) is 5.51. The summed E-state index contributed by atoms with van der Waals surface area (Å²) in [5.41, 5.74) is 2.83. The number of carbonyl (C=O) groups is 1. The number of halogens is 2. The molecule has 30 heavy (non-hydrogen) atoms. The van der Waals surface area contributed by atoms with Crippen LogP contribution in [0.2, 0.25) is 0 Å². The Morgan fingerprint density at radius 2 is 1.93 bits per heavy atom. The van der Waals surface area contributed by atoms with Gasteiger partial charge in [0.05, 0.1) is 11.9 Å². The molecule has 4 heterocycles. The Bertz CT molecular complexity index is 1070. The van der Waals surface area contributed by atoms with Crippen molar-refractivity contribution in [2.75, 3.05) is 26.2 Å². The summed E-state index contributed by atoms with van der Waals surface area (Å²) in [6.07, 6.45) is 0.715. The predicted octanol–water partition coefficient (Wildman–Crippen LogP) is 2.46. The molecule has 10 heteroatoms. The van der Waals surface area contributed by atoms with Gasteiger partial charge in [-0.1, -0.05) is 0 Å². The number of piperazine rings is 1. The maximum Gasteiger partial charge on any atom is 0.280 e. The number of amides is 1. The minimum absolute atomic E-state index is 0.181. The Balaban J connectivity index is 1.46. The van der Waals surface area contributed by atoms with Crippen LogP contribution in [0.15, 0.2) is 18.5 Å². The minimum atomic E-state index is -2.69. The van der Waals surface area contributed by atoms with E-state index in [1.165, 1.54) is 17.8 Å². The van der Waals surface area contributed by atoms with Crippen LogP contribution in [0.1, 0.15) is 46.4 Å². The van der Waals surface area contributed by atoms with E-state index in [2.05, 4.69) is 33.2 Å². The number of aromatic nitrogens is 5. The molecule has 3 aromatic heterocycles. The fourth-order valence-electron chi connectivity index (χ4n) is 3.82. The Labute approximate surface area is 173 Å². The van der Waals surface area contributed by atoms with E-state index in [1.54, 1.807) is 11.8 Å². The van der Waals surface area contributed by atoms with Gasteiger partial charge in [-0.2, -0.15) is 10.2 Å². The lowest BCUT2D eigenvalue weighted by atomic mass is 10.2. The van der Waals surface area contributed by atoms with Crippen LogP contribution < -0.4 is 0 Å².